The zero-order chi connectivity index (χ0) is 17.0. The van der Waals surface area contributed by atoms with Gasteiger partial charge in [0, 0.05) is 32.4 Å². The molecule has 0 saturated carbocycles. The lowest BCUT2D eigenvalue weighted by molar-refractivity contribution is 0.475. The molecule has 0 aliphatic heterocycles. The van der Waals surface area contributed by atoms with E-state index >= 15 is 0 Å². The van der Waals surface area contributed by atoms with Gasteiger partial charge in [0.05, 0.1) is 6.54 Å². The average molecular weight is 316 g/mol. The summed E-state index contributed by atoms with van der Waals surface area (Å²) in [7, 11) is 3.72. The minimum absolute atomic E-state index is 0.208. The Morgan fingerprint density at radius 2 is 1.91 bits per heavy atom. The molecular formula is C16H24N6O. The Labute approximate surface area is 136 Å². The molecule has 2 rings (SSSR count). The van der Waals surface area contributed by atoms with Gasteiger partial charge >= 0.3 is 0 Å². The number of hydrogen-bond donors (Lipinski definition) is 2. The van der Waals surface area contributed by atoms with Gasteiger partial charge in [-0.3, -0.25) is 0 Å². The number of nitrogens with zero attached hydrogens (tertiary/aromatic N) is 5. The van der Waals surface area contributed by atoms with E-state index in [4.69, 9.17) is 5.73 Å². The van der Waals surface area contributed by atoms with Gasteiger partial charge in [0.2, 0.25) is 11.9 Å². The molecule has 0 radical (unpaired) electrons. The maximum Gasteiger partial charge on any atom is 0.229 e. The highest BCUT2D eigenvalue weighted by Crippen LogP contribution is 2.22. The Hall–Kier alpha value is -2.57. The minimum Gasteiger partial charge on any atom is -0.508 e. The van der Waals surface area contributed by atoms with Crippen LogP contribution in [0.5, 0.6) is 5.75 Å². The first-order chi connectivity index (χ1) is 10.8. The van der Waals surface area contributed by atoms with E-state index in [1.165, 1.54) is 0 Å². The Bertz CT molecular complexity index is 659. The fourth-order valence-corrected chi connectivity index (χ4v) is 2.26. The van der Waals surface area contributed by atoms with E-state index in [1.54, 1.807) is 17.0 Å². The highest BCUT2D eigenvalue weighted by Gasteiger charge is 2.14. The molecule has 7 heteroatoms. The van der Waals surface area contributed by atoms with Gasteiger partial charge in [0.25, 0.3) is 0 Å². The predicted octanol–water partition coefficient (Wildman–Crippen LogP) is 1.89. The topological polar surface area (TPSA) is 91.4 Å². The van der Waals surface area contributed by atoms with Crippen molar-refractivity contribution >= 4 is 17.6 Å². The van der Waals surface area contributed by atoms with Crippen LogP contribution < -0.4 is 15.5 Å². The number of aromatic nitrogens is 3. The molecular weight excluding hydrogens is 292 g/mol. The second kappa shape index (κ2) is 7.13. The lowest BCUT2D eigenvalue weighted by Crippen LogP contribution is -2.28. The summed E-state index contributed by atoms with van der Waals surface area (Å²) in [6.07, 6.45) is 0. The molecule has 0 amide bonds. The summed E-state index contributed by atoms with van der Waals surface area (Å²) in [4.78, 5) is 16.7. The number of phenolic OH excluding ortho intramolecular Hbond substituents is 1. The molecule has 0 spiro atoms. The molecule has 23 heavy (non-hydrogen) atoms. The van der Waals surface area contributed by atoms with Crippen molar-refractivity contribution in [2.24, 2.45) is 5.92 Å². The van der Waals surface area contributed by atoms with E-state index in [0.29, 0.717) is 24.2 Å². The van der Waals surface area contributed by atoms with E-state index < -0.39 is 0 Å². The molecule has 0 fully saturated rings. The standard InChI is InChI=1S/C16H24N6O/c1-11(2)9-22(12-6-5-7-13(23)8-12)10-14-18-15(17)20-16(19-14)21(3)4/h5-8,11,23H,9-10H2,1-4H3,(H2,17,18,19,20). The molecule has 7 nitrogen and oxygen atoms in total. The van der Waals surface area contributed by atoms with Crippen molar-refractivity contribution in [3.8, 4) is 5.75 Å². The largest absolute Gasteiger partial charge is 0.508 e. The Balaban J connectivity index is 2.31. The number of aromatic hydroxyl groups is 1. The third kappa shape index (κ3) is 4.70. The van der Waals surface area contributed by atoms with Gasteiger partial charge in [-0.05, 0) is 18.1 Å². The van der Waals surface area contributed by atoms with Crippen LogP contribution in [0.15, 0.2) is 24.3 Å². The van der Waals surface area contributed by atoms with Crippen molar-refractivity contribution in [3.05, 3.63) is 30.1 Å². The number of nitrogens with two attached hydrogens (primary N) is 1. The summed E-state index contributed by atoms with van der Waals surface area (Å²) in [6.45, 7) is 5.59. The van der Waals surface area contributed by atoms with E-state index in [0.717, 1.165) is 12.2 Å². The number of rotatable bonds is 6. The summed E-state index contributed by atoms with van der Waals surface area (Å²) in [6, 6.07) is 7.17. The molecule has 3 N–H and O–H groups in total. The highest BCUT2D eigenvalue weighted by molar-refractivity contribution is 5.50. The normalized spacial score (nSPS) is 10.8. The van der Waals surface area contributed by atoms with Gasteiger partial charge in [-0.25, -0.2) is 0 Å². The molecule has 0 atom stereocenters. The van der Waals surface area contributed by atoms with Crippen LogP contribution in [0.2, 0.25) is 0 Å². The van der Waals surface area contributed by atoms with Crippen molar-refractivity contribution in [2.45, 2.75) is 20.4 Å². The lowest BCUT2D eigenvalue weighted by atomic mass is 10.2. The Morgan fingerprint density at radius 1 is 1.17 bits per heavy atom. The Morgan fingerprint density at radius 3 is 2.52 bits per heavy atom. The van der Waals surface area contributed by atoms with Gasteiger partial charge in [0.15, 0.2) is 5.82 Å². The van der Waals surface area contributed by atoms with E-state index in [2.05, 4.69) is 33.7 Å². The molecule has 1 aromatic heterocycles. The molecule has 124 valence electrons. The number of benzene rings is 1. The van der Waals surface area contributed by atoms with Gasteiger partial charge in [-0.15, -0.1) is 0 Å². The maximum atomic E-state index is 9.73. The molecule has 1 heterocycles. The number of hydrogen-bond acceptors (Lipinski definition) is 7. The van der Waals surface area contributed by atoms with Crippen LogP contribution in [0.4, 0.5) is 17.6 Å². The van der Waals surface area contributed by atoms with E-state index in [-0.39, 0.29) is 11.7 Å². The van der Waals surface area contributed by atoms with Crippen molar-refractivity contribution < 1.29 is 5.11 Å². The average Bonchev–Trinajstić information content (AvgIpc) is 2.45. The van der Waals surface area contributed by atoms with Gasteiger partial charge in [-0.1, -0.05) is 19.9 Å². The maximum absolute atomic E-state index is 9.73. The molecule has 1 aromatic carbocycles. The van der Waals surface area contributed by atoms with Gasteiger partial charge in [-0.2, -0.15) is 15.0 Å². The van der Waals surface area contributed by atoms with Crippen LogP contribution in [0.3, 0.4) is 0 Å². The number of anilines is 3. The first kappa shape index (κ1) is 16.8. The van der Waals surface area contributed by atoms with Crippen LogP contribution >= 0.6 is 0 Å². The second-order valence-corrected chi connectivity index (χ2v) is 6.10. The fourth-order valence-electron chi connectivity index (χ4n) is 2.26. The van der Waals surface area contributed by atoms with Gasteiger partial charge < -0.3 is 20.6 Å². The summed E-state index contributed by atoms with van der Waals surface area (Å²) < 4.78 is 0. The Kier molecular flexibility index (Phi) is 5.20. The monoisotopic (exact) mass is 316 g/mol. The van der Waals surface area contributed by atoms with Crippen molar-refractivity contribution in [1.29, 1.82) is 0 Å². The fraction of sp³-hybridized carbons (Fsp3) is 0.438. The van der Waals surface area contributed by atoms with Crippen LogP contribution in [-0.2, 0) is 6.54 Å². The number of nitrogen functional groups attached to an aromatic ring is 1. The quantitative estimate of drug-likeness (QED) is 0.840. The zero-order valence-corrected chi connectivity index (χ0v) is 14.1. The predicted molar refractivity (Wildman–Crippen MR) is 92.6 cm³/mol. The highest BCUT2D eigenvalue weighted by atomic mass is 16.3. The summed E-state index contributed by atoms with van der Waals surface area (Å²) in [5.41, 5.74) is 6.71. The zero-order valence-electron chi connectivity index (χ0n) is 14.1. The smallest absolute Gasteiger partial charge is 0.229 e. The first-order valence-electron chi connectivity index (χ1n) is 7.57. The third-order valence-electron chi connectivity index (χ3n) is 3.20. The molecule has 0 aliphatic carbocycles. The third-order valence-corrected chi connectivity index (χ3v) is 3.20. The summed E-state index contributed by atoms with van der Waals surface area (Å²) >= 11 is 0. The minimum atomic E-state index is 0.208. The second-order valence-electron chi connectivity index (χ2n) is 6.10. The molecule has 0 aliphatic rings. The lowest BCUT2D eigenvalue weighted by Gasteiger charge is -2.26. The van der Waals surface area contributed by atoms with Crippen molar-refractivity contribution in [3.63, 3.8) is 0 Å². The summed E-state index contributed by atoms with van der Waals surface area (Å²) in [5.74, 6) is 2.03. The van der Waals surface area contributed by atoms with Crippen LogP contribution in [0.25, 0.3) is 0 Å². The summed E-state index contributed by atoms with van der Waals surface area (Å²) in [5, 5.41) is 9.73. The first-order valence-corrected chi connectivity index (χ1v) is 7.57. The number of phenols is 1. The van der Waals surface area contributed by atoms with Crippen molar-refractivity contribution in [2.75, 3.05) is 36.2 Å². The SMILES string of the molecule is CC(C)CN(Cc1nc(N)nc(N(C)C)n1)c1cccc(O)c1. The molecule has 0 saturated heterocycles. The van der Waals surface area contributed by atoms with Crippen LogP contribution in [0.1, 0.15) is 19.7 Å². The van der Waals surface area contributed by atoms with Gasteiger partial charge in [0.1, 0.15) is 5.75 Å². The molecule has 2 aromatic rings. The van der Waals surface area contributed by atoms with Crippen molar-refractivity contribution in [1.82, 2.24) is 15.0 Å². The molecule has 0 unspecified atom stereocenters. The van der Waals surface area contributed by atoms with Crippen LogP contribution in [0, 0.1) is 5.92 Å². The van der Waals surface area contributed by atoms with E-state index in [9.17, 15) is 5.11 Å². The van der Waals surface area contributed by atoms with E-state index in [1.807, 2.05) is 26.2 Å². The molecule has 0 bridgehead atoms. The van der Waals surface area contributed by atoms with Crippen LogP contribution in [-0.4, -0.2) is 40.7 Å².